The normalized spacial score (nSPS) is 17.9. The second kappa shape index (κ2) is 8.78. The monoisotopic (exact) mass is 411 g/mol. The first-order valence-electron chi connectivity index (χ1n) is 9.90. The van der Waals surface area contributed by atoms with Crippen LogP contribution in [0.25, 0.3) is 0 Å². The molecule has 0 bridgehead atoms. The lowest BCUT2D eigenvalue weighted by atomic mass is 10.0. The summed E-state index contributed by atoms with van der Waals surface area (Å²) in [6.45, 7) is 2.05. The summed E-state index contributed by atoms with van der Waals surface area (Å²) < 4.78 is 5.66. The molecule has 2 aromatic rings. The van der Waals surface area contributed by atoms with E-state index in [1.54, 1.807) is 0 Å². The molecule has 0 radical (unpaired) electrons. The van der Waals surface area contributed by atoms with Crippen molar-refractivity contribution in [3.8, 4) is 5.75 Å². The largest absolute Gasteiger partial charge is 0.484 e. The molecule has 2 aliphatic rings. The van der Waals surface area contributed by atoms with Gasteiger partial charge in [-0.15, -0.1) is 11.8 Å². The highest BCUT2D eigenvalue weighted by Gasteiger charge is 2.46. The molecule has 1 spiro atoms. The Bertz CT molecular complexity index is 839. The van der Waals surface area contributed by atoms with E-state index in [1.807, 2.05) is 82.2 Å². The van der Waals surface area contributed by atoms with Gasteiger partial charge in [0.25, 0.3) is 5.91 Å². The van der Waals surface area contributed by atoms with E-state index in [0.717, 1.165) is 30.8 Å². The van der Waals surface area contributed by atoms with Crippen molar-refractivity contribution in [2.24, 2.45) is 0 Å². The van der Waals surface area contributed by atoms with Crippen LogP contribution >= 0.6 is 11.8 Å². The predicted molar refractivity (Wildman–Crippen MR) is 115 cm³/mol. The van der Waals surface area contributed by atoms with Gasteiger partial charge in [-0.2, -0.15) is 0 Å². The number of rotatable bonds is 4. The predicted octanol–water partition coefficient (Wildman–Crippen LogP) is 3.67. The Kier molecular flexibility index (Phi) is 5.94. The highest BCUT2D eigenvalue weighted by Crippen LogP contribution is 2.44. The van der Waals surface area contributed by atoms with Crippen LogP contribution in [0.1, 0.15) is 12.8 Å². The van der Waals surface area contributed by atoms with Crippen molar-refractivity contribution in [2.45, 2.75) is 17.7 Å². The molecule has 2 aliphatic heterocycles. The van der Waals surface area contributed by atoms with E-state index in [0.29, 0.717) is 18.8 Å². The highest BCUT2D eigenvalue weighted by molar-refractivity contribution is 8.00. The fourth-order valence-corrected chi connectivity index (χ4v) is 5.37. The molecule has 7 heteroatoms. The smallest absolute Gasteiger partial charge is 0.321 e. The Morgan fingerprint density at radius 3 is 2.31 bits per heavy atom. The molecule has 0 atom stereocenters. The van der Waals surface area contributed by atoms with Gasteiger partial charge in [-0.05, 0) is 37.1 Å². The number of urea groups is 1. The Morgan fingerprint density at radius 1 is 0.966 bits per heavy atom. The van der Waals surface area contributed by atoms with Crippen molar-refractivity contribution in [1.82, 2.24) is 9.80 Å². The summed E-state index contributed by atoms with van der Waals surface area (Å²) in [4.78, 5) is 29.0. The van der Waals surface area contributed by atoms with Gasteiger partial charge in [0.2, 0.25) is 0 Å². The molecule has 1 N–H and O–H groups in total. The zero-order valence-corrected chi connectivity index (χ0v) is 17.1. The molecule has 152 valence electrons. The lowest BCUT2D eigenvalue weighted by molar-refractivity contribution is -0.136. The van der Waals surface area contributed by atoms with Crippen molar-refractivity contribution in [2.75, 3.05) is 37.3 Å². The molecule has 2 heterocycles. The highest BCUT2D eigenvalue weighted by atomic mass is 32.2. The summed E-state index contributed by atoms with van der Waals surface area (Å²) in [6.07, 6.45) is 1.55. The molecule has 4 rings (SSSR count). The van der Waals surface area contributed by atoms with Crippen LogP contribution in [0.15, 0.2) is 60.7 Å². The summed E-state index contributed by atoms with van der Waals surface area (Å²) in [5, 5.41) is 2.94. The molecule has 6 nitrogen and oxygen atoms in total. The average molecular weight is 412 g/mol. The van der Waals surface area contributed by atoms with Crippen LogP contribution in [0.2, 0.25) is 0 Å². The van der Waals surface area contributed by atoms with Gasteiger partial charge in [0.05, 0.1) is 4.87 Å². The van der Waals surface area contributed by atoms with Crippen molar-refractivity contribution in [1.29, 1.82) is 0 Å². The van der Waals surface area contributed by atoms with Gasteiger partial charge < -0.3 is 19.9 Å². The lowest BCUT2D eigenvalue weighted by Crippen LogP contribution is -2.55. The number of hydrogen-bond acceptors (Lipinski definition) is 4. The van der Waals surface area contributed by atoms with Crippen molar-refractivity contribution in [3.05, 3.63) is 60.7 Å². The third-order valence-electron chi connectivity index (χ3n) is 5.44. The molecule has 0 aliphatic carbocycles. The first-order valence-corrected chi connectivity index (χ1v) is 10.9. The average Bonchev–Trinajstić information content (AvgIpc) is 3.17. The fraction of sp³-hybridized carbons (Fsp3) is 0.364. The minimum atomic E-state index is -0.222. The van der Waals surface area contributed by atoms with Gasteiger partial charge in [-0.1, -0.05) is 36.4 Å². The molecule has 0 unspecified atom stereocenters. The van der Waals surface area contributed by atoms with Gasteiger partial charge in [0, 0.05) is 31.1 Å². The molecule has 2 aromatic carbocycles. The van der Waals surface area contributed by atoms with E-state index in [1.165, 1.54) is 0 Å². The number of anilines is 1. The van der Waals surface area contributed by atoms with Gasteiger partial charge in [-0.3, -0.25) is 4.79 Å². The van der Waals surface area contributed by atoms with E-state index in [9.17, 15) is 9.59 Å². The van der Waals surface area contributed by atoms with Crippen molar-refractivity contribution < 1.29 is 14.3 Å². The number of nitrogens with zero attached hydrogens (tertiary/aromatic N) is 2. The topological polar surface area (TPSA) is 61.9 Å². The number of nitrogens with one attached hydrogen (secondary N) is 1. The maximum atomic E-state index is 12.8. The quantitative estimate of drug-likeness (QED) is 0.834. The second-order valence-corrected chi connectivity index (χ2v) is 8.68. The molecule has 2 saturated heterocycles. The number of piperidine rings is 1. The number of para-hydroxylation sites is 2. The molecular weight excluding hydrogens is 386 g/mol. The van der Waals surface area contributed by atoms with Gasteiger partial charge in [0.15, 0.2) is 6.61 Å². The summed E-state index contributed by atoms with van der Waals surface area (Å²) in [7, 11) is 0. The Balaban J connectivity index is 1.32. The first kappa shape index (κ1) is 19.6. The summed E-state index contributed by atoms with van der Waals surface area (Å²) in [5.41, 5.74) is 0.794. The first-order chi connectivity index (χ1) is 14.2. The Hall–Kier alpha value is -2.67. The standard InChI is InChI=1S/C22H25N3O3S/c26-20(17-28-19-9-5-2-6-10-19)25-15-16-29-22(25)11-13-24(14-12-22)21(27)23-18-7-3-1-4-8-18/h1-10H,11-17H2,(H,23,27). The zero-order valence-electron chi connectivity index (χ0n) is 16.3. The number of thioether (sulfide) groups is 1. The summed E-state index contributed by atoms with van der Waals surface area (Å²) in [5.74, 6) is 1.64. The van der Waals surface area contributed by atoms with Crippen LogP contribution in [0.3, 0.4) is 0 Å². The number of ether oxygens (including phenoxy) is 1. The van der Waals surface area contributed by atoms with Crippen molar-refractivity contribution in [3.63, 3.8) is 0 Å². The third kappa shape index (κ3) is 4.50. The number of benzene rings is 2. The third-order valence-corrected chi connectivity index (χ3v) is 6.99. The molecule has 0 saturated carbocycles. The van der Waals surface area contributed by atoms with Crippen molar-refractivity contribution >= 4 is 29.4 Å². The summed E-state index contributed by atoms with van der Waals surface area (Å²) >= 11 is 1.83. The maximum Gasteiger partial charge on any atom is 0.321 e. The minimum Gasteiger partial charge on any atom is -0.484 e. The van der Waals surface area contributed by atoms with E-state index in [-0.39, 0.29) is 23.4 Å². The van der Waals surface area contributed by atoms with Gasteiger partial charge in [-0.25, -0.2) is 4.79 Å². The fourth-order valence-electron chi connectivity index (χ4n) is 3.90. The molecular formula is C22H25N3O3S. The number of carbonyl (C=O) groups excluding carboxylic acids is 2. The molecule has 2 fully saturated rings. The van der Waals surface area contributed by atoms with Crippen LogP contribution in [0, 0.1) is 0 Å². The zero-order chi connectivity index (χ0) is 20.1. The van der Waals surface area contributed by atoms with E-state index >= 15 is 0 Å². The van der Waals surface area contributed by atoms with Crippen LogP contribution < -0.4 is 10.1 Å². The lowest BCUT2D eigenvalue weighted by Gasteiger charge is -2.43. The number of hydrogen-bond donors (Lipinski definition) is 1. The van der Waals surface area contributed by atoms with E-state index in [4.69, 9.17) is 4.74 Å². The van der Waals surface area contributed by atoms with Crippen LogP contribution in [-0.2, 0) is 4.79 Å². The van der Waals surface area contributed by atoms with E-state index in [2.05, 4.69) is 5.32 Å². The van der Waals surface area contributed by atoms with Gasteiger partial charge in [0.1, 0.15) is 5.75 Å². The van der Waals surface area contributed by atoms with E-state index < -0.39 is 0 Å². The Labute approximate surface area is 175 Å². The SMILES string of the molecule is O=C(Nc1ccccc1)N1CCC2(CC1)SCCN2C(=O)COc1ccccc1. The van der Waals surface area contributed by atoms with Crippen LogP contribution in [-0.4, -0.2) is 58.6 Å². The molecule has 0 aromatic heterocycles. The van der Waals surface area contributed by atoms with Crippen LogP contribution in [0.4, 0.5) is 10.5 Å². The Morgan fingerprint density at radius 2 is 1.62 bits per heavy atom. The van der Waals surface area contributed by atoms with Crippen LogP contribution in [0.5, 0.6) is 5.75 Å². The number of amides is 3. The molecule has 3 amide bonds. The van der Waals surface area contributed by atoms with Gasteiger partial charge >= 0.3 is 6.03 Å². The minimum absolute atomic E-state index is 0.0149. The summed E-state index contributed by atoms with van der Waals surface area (Å²) in [6, 6.07) is 18.8. The maximum absolute atomic E-state index is 12.8. The number of carbonyl (C=O) groups is 2. The number of likely N-dealkylation sites (tertiary alicyclic amines) is 1. The second-order valence-electron chi connectivity index (χ2n) is 7.22. The molecule has 29 heavy (non-hydrogen) atoms.